The zero-order valence-electron chi connectivity index (χ0n) is 16.7. The van der Waals surface area contributed by atoms with Gasteiger partial charge in [0.1, 0.15) is 17.5 Å². The van der Waals surface area contributed by atoms with Gasteiger partial charge in [0.05, 0.1) is 33.7 Å². The highest BCUT2D eigenvalue weighted by molar-refractivity contribution is 6.32. The van der Waals surface area contributed by atoms with Crippen LogP contribution in [0.4, 0.5) is 5.69 Å². The molecule has 30 heavy (non-hydrogen) atoms. The van der Waals surface area contributed by atoms with Crippen molar-refractivity contribution in [2.75, 3.05) is 5.01 Å². The third-order valence-corrected chi connectivity index (χ3v) is 7.03. The van der Waals surface area contributed by atoms with Crippen LogP contribution in [0, 0.1) is 23.2 Å². The number of anilines is 1. The van der Waals surface area contributed by atoms with Gasteiger partial charge in [0.15, 0.2) is 0 Å². The Bertz CT molecular complexity index is 1100. The second-order valence-electron chi connectivity index (χ2n) is 8.42. The summed E-state index contributed by atoms with van der Waals surface area (Å²) in [4.78, 5) is 4.62. The number of rotatable bonds is 3. The fraction of sp³-hybridized carbons (Fsp3) is 0.375. The summed E-state index contributed by atoms with van der Waals surface area (Å²) in [6, 6.07) is 11.9. The zero-order chi connectivity index (χ0) is 20.8. The Balaban J connectivity index is 1.59. The zero-order valence-corrected chi connectivity index (χ0v) is 17.4. The highest BCUT2D eigenvalue weighted by atomic mass is 35.5. The van der Waals surface area contributed by atoms with Gasteiger partial charge >= 0.3 is 0 Å². The number of aromatic nitrogens is 1. The average Bonchev–Trinajstić information content (AvgIpc) is 3.40. The van der Waals surface area contributed by atoms with Gasteiger partial charge in [0.2, 0.25) is 0 Å². The highest BCUT2D eigenvalue weighted by Crippen LogP contribution is 2.45. The van der Waals surface area contributed by atoms with Crippen molar-refractivity contribution in [3.05, 3.63) is 64.4 Å². The van der Waals surface area contributed by atoms with Crippen LogP contribution >= 0.6 is 11.6 Å². The molecule has 1 N–H and O–H groups in total. The second kappa shape index (κ2) is 7.45. The summed E-state index contributed by atoms with van der Waals surface area (Å²) >= 11 is 6.36. The largest absolute Gasteiger partial charge is 0.506 e. The number of nitrogens with zero attached hydrogens (tertiary/aromatic N) is 4. The molecular weight excluding hydrogens is 396 g/mol. The number of nitriles is 1. The number of aliphatic hydroxyl groups excluding tert-OH is 1. The van der Waals surface area contributed by atoms with E-state index >= 15 is 0 Å². The lowest BCUT2D eigenvalue weighted by atomic mass is 9.76. The van der Waals surface area contributed by atoms with Gasteiger partial charge in [-0.25, -0.2) is 4.98 Å². The van der Waals surface area contributed by atoms with Crippen molar-refractivity contribution in [2.45, 2.75) is 44.6 Å². The molecule has 1 saturated carbocycles. The quantitative estimate of drug-likeness (QED) is 0.669. The first-order chi connectivity index (χ1) is 14.6. The molecule has 1 aromatic carbocycles. The van der Waals surface area contributed by atoms with Gasteiger partial charge in [0.25, 0.3) is 0 Å². The van der Waals surface area contributed by atoms with Crippen molar-refractivity contribution in [1.29, 1.82) is 5.26 Å². The molecule has 2 aliphatic carbocycles. The van der Waals surface area contributed by atoms with Gasteiger partial charge in [-0.3, -0.25) is 5.01 Å². The minimum atomic E-state index is -0.00836. The Kier molecular flexibility index (Phi) is 4.75. The number of pyridine rings is 1. The van der Waals surface area contributed by atoms with E-state index in [-0.39, 0.29) is 5.76 Å². The Morgan fingerprint density at radius 1 is 1.20 bits per heavy atom. The lowest BCUT2D eigenvalue weighted by Gasteiger charge is -2.34. The van der Waals surface area contributed by atoms with Crippen molar-refractivity contribution in [1.82, 2.24) is 4.98 Å². The molecule has 1 fully saturated rings. The van der Waals surface area contributed by atoms with Crippen molar-refractivity contribution in [3.8, 4) is 6.07 Å². The summed E-state index contributed by atoms with van der Waals surface area (Å²) in [5.74, 6) is 0.933. The van der Waals surface area contributed by atoms with Crippen molar-refractivity contribution in [2.24, 2.45) is 16.9 Å². The van der Waals surface area contributed by atoms with Gasteiger partial charge in [-0.15, -0.1) is 0 Å². The van der Waals surface area contributed by atoms with Crippen LogP contribution < -0.4 is 5.01 Å². The second-order valence-corrected chi connectivity index (χ2v) is 8.83. The van der Waals surface area contributed by atoms with E-state index in [9.17, 15) is 10.4 Å². The number of hydrazone groups is 1. The van der Waals surface area contributed by atoms with Crippen molar-refractivity contribution < 1.29 is 5.11 Å². The number of hydrogen-bond acceptors (Lipinski definition) is 5. The molecule has 2 atom stereocenters. The molecule has 1 aliphatic heterocycles. The molecule has 6 heteroatoms. The molecule has 3 aliphatic rings. The molecule has 0 bridgehead atoms. The first-order valence-corrected chi connectivity index (χ1v) is 10.9. The van der Waals surface area contributed by atoms with E-state index in [1.54, 1.807) is 6.07 Å². The minimum absolute atomic E-state index is 0.00836. The average molecular weight is 419 g/mol. The van der Waals surface area contributed by atoms with E-state index in [0.717, 1.165) is 35.5 Å². The molecule has 5 nitrogen and oxygen atoms in total. The van der Waals surface area contributed by atoms with E-state index in [4.69, 9.17) is 16.7 Å². The van der Waals surface area contributed by atoms with Gasteiger partial charge in [-0.2, -0.15) is 10.4 Å². The monoisotopic (exact) mass is 418 g/mol. The van der Waals surface area contributed by atoms with Crippen LogP contribution in [-0.2, 0) is 6.42 Å². The maximum atomic E-state index is 9.73. The molecule has 0 saturated heterocycles. The van der Waals surface area contributed by atoms with Crippen LogP contribution in [0.1, 0.15) is 54.6 Å². The van der Waals surface area contributed by atoms with E-state index < -0.39 is 0 Å². The maximum absolute atomic E-state index is 9.73. The first kappa shape index (κ1) is 19.1. The summed E-state index contributed by atoms with van der Waals surface area (Å²) in [5, 5.41) is 26.7. The molecule has 2 aromatic rings. The summed E-state index contributed by atoms with van der Waals surface area (Å²) in [7, 11) is 0. The van der Waals surface area contributed by atoms with Crippen LogP contribution in [0.15, 0.2) is 42.0 Å². The van der Waals surface area contributed by atoms with Gasteiger partial charge in [-0.1, -0.05) is 31.0 Å². The number of fused-ring (bicyclic) bond motifs is 3. The van der Waals surface area contributed by atoms with Crippen LogP contribution in [0.5, 0.6) is 0 Å². The van der Waals surface area contributed by atoms with Crippen LogP contribution in [0.3, 0.4) is 0 Å². The molecule has 0 amide bonds. The molecular formula is C24H23ClN4O. The Morgan fingerprint density at radius 2 is 2.00 bits per heavy atom. The Hall–Kier alpha value is -2.84. The number of aliphatic hydroxyl groups is 1. The van der Waals surface area contributed by atoms with E-state index in [2.05, 4.69) is 22.6 Å². The van der Waals surface area contributed by atoms with Crippen LogP contribution in [-0.4, -0.2) is 21.8 Å². The van der Waals surface area contributed by atoms with E-state index in [0.29, 0.717) is 34.2 Å². The topological polar surface area (TPSA) is 72.5 Å². The summed E-state index contributed by atoms with van der Waals surface area (Å²) in [6.45, 7) is 3.60. The summed E-state index contributed by atoms with van der Waals surface area (Å²) < 4.78 is 0. The smallest absolute Gasteiger partial charge is 0.134 e. The van der Waals surface area contributed by atoms with Crippen molar-refractivity contribution >= 4 is 28.8 Å². The maximum Gasteiger partial charge on any atom is 0.134 e. The van der Waals surface area contributed by atoms with Gasteiger partial charge in [-0.05, 0) is 61.9 Å². The normalized spacial score (nSPS) is 22.9. The van der Waals surface area contributed by atoms with Crippen LogP contribution in [0.2, 0.25) is 5.02 Å². The minimum Gasteiger partial charge on any atom is -0.506 e. The SMILES string of the molecule is C=C(O)c1ccc2c(n1)CCC1C2=NN(c2ccc(C#N)c(Cl)c2)C1C1CCCC1. The molecule has 1 aromatic heterocycles. The lowest BCUT2D eigenvalue weighted by molar-refractivity contribution is 0.353. The van der Waals surface area contributed by atoms with Crippen molar-refractivity contribution in [3.63, 3.8) is 0 Å². The van der Waals surface area contributed by atoms with Crippen LogP contribution in [0.25, 0.3) is 5.76 Å². The number of hydrogen-bond donors (Lipinski definition) is 1. The van der Waals surface area contributed by atoms with E-state index in [1.807, 2.05) is 24.3 Å². The summed E-state index contributed by atoms with van der Waals surface area (Å²) in [5.41, 5.74) is 5.07. The molecule has 2 unspecified atom stereocenters. The number of benzene rings is 1. The third-order valence-electron chi connectivity index (χ3n) is 6.72. The number of aryl methyl sites for hydroxylation is 1. The fourth-order valence-electron chi connectivity index (χ4n) is 5.32. The Labute approximate surface area is 181 Å². The number of halogens is 1. The molecule has 0 spiro atoms. The predicted octanol–water partition coefficient (Wildman–Crippen LogP) is 5.48. The molecule has 0 radical (unpaired) electrons. The molecule has 2 heterocycles. The predicted molar refractivity (Wildman–Crippen MR) is 119 cm³/mol. The summed E-state index contributed by atoms with van der Waals surface area (Å²) in [6.07, 6.45) is 6.83. The first-order valence-electron chi connectivity index (χ1n) is 10.5. The lowest BCUT2D eigenvalue weighted by Crippen LogP contribution is -2.40. The molecule has 5 rings (SSSR count). The standard InChI is InChI=1S/C24H23ClN4O/c1-14(30)21-10-8-18-22(27-21)11-9-19-23(18)28-29(24(19)15-4-2-3-5-15)17-7-6-16(13-26)20(25)12-17/h6-8,10,12,15,19,24,30H,1-5,9,11H2. The van der Waals surface area contributed by atoms with Gasteiger partial charge < -0.3 is 5.11 Å². The Morgan fingerprint density at radius 3 is 2.70 bits per heavy atom. The van der Waals surface area contributed by atoms with Gasteiger partial charge in [0, 0.05) is 11.5 Å². The van der Waals surface area contributed by atoms with E-state index in [1.165, 1.54) is 25.7 Å². The molecule has 152 valence electrons. The highest BCUT2D eigenvalue weighted by Gasteiger charge is 2.45. The third kappa shape index (κ3) is 3.07. The fourth-order valence-corrected chi connectivity index (χ4v) is 5.54.